The second-order valence-corrected chi connectivity index (χ2v) is 7.78. The summed E-state index contributed by atoms with van der Waals surface area (Å²) in [7, 11) is 0. The lowest BCUT2D eigenvalue weighted by Crippen LogP contribution is -2.41. The van der Waals surface area contributed by atoms with E-state index in [1.54, 1.807) is 0 Å². The van der Waals surface area contributed by atoms with Crippen molar-refractivity contribution in [1.29, 1.82) is 0 Å². The number of thioether (sulfide) groups is 1. The first-order valence-electron chi connectivity index (χ1n) is 8.49. The molecule has 1 aromatic heterocycles. The monoisotopic (exact) mass is 344 g/mol. The van der Waals surface area contributed by atoms with Crippen molar-refractivity contribution in [1.82, 2.24) is 19.7 Å². The Hall–Kier alpha value is -1.82. The summed E-state index contributed by atoms with van der Waals surface area (Å²) in [6.45, 7) is 7.89. The molecule has 2 aromatic rings. The maximum atomic E-state index is 12.7. The Morgan fingerprint density at radius 2 is 1.88 bits per heavy atom. The predicted molar refractivity (Wildman–Crippen MR) is 96.4 cm³/mol. The largest absolute Gasteiger partial charge is 0.342 e. The number of aryl methyl sites for hydroxylation is 1. The molecule has 3 rings (SSSR count). The Morgan fingerprint density at radius 1 is 1.21 bits per heavy atom. The van der Waals surface area contributed by atoms with Gasteiger partial charge in [-0.15, -0.1) is 10.2 Å². The van der Waals surface area contributed by atoms with Crippen LogP contribution < -0.4 is 0 Å². The molecule has 2 heterocycles. The van der Waals surface area contributed by atoms with Crippen LogP contribution in [0.2, 0.25) is 0 Å². The number of hydrogen-bond donors (Lipinski definition) is 0. The lowest BCUT2D eigenvalue weighted by molar-refractivity contribution is -0.131. The molecule has 1 aliphatic rings. The Bertz CT molecular complexity index is 692. The Morgan fingerprint density at radius 3 is 2.54 bits per heavy atom. The number of amides is 1. The second-order valence-electron chi connectivity index (χ2n) is 6.47. The molecule has 0 N–H and O–H groups in total. The van der Waals surface area contributed by atoms with Crippen LogP contribution in [0.3, 0.4) is 0 Å². The molecule has 1 aromatic carbocycles. The van der Waals surface area contributed by atoms with Gasteiger partial charge in [-0.3, -0.25) is 9.36 Å². The van der Waals surface area contributed by atoms with Gasteiger partial charge < -0.3 is 4.90 Å². The van der Waals surface area contributed by atoms with Gasteiger partial charge >= 0.3 is 0 Å². The van der Waals surface area contributed by atoms with E-state index in [-0.39, 0.29) is 11.2 Å². The van der Waals surface area contributed by atoms with E-state index in [2.05, 4.69) is 17.1 Å². The quantitative estimate of drug-likeness (QED) is 0.799. The molecule has 1 atom stereocenters. The molecular weight excluding hydrogens is 320 g/mol. The van der Waals surface area contributed by atoms with Crippen molar-refractivity contribution in [2.75, 3.05) is 13.1 Å². The highest BCUT2D eigenvalue weighted by Crippen LogP contribution is 2.27. The zero-order chi connectivity index (χ0) is 17.1. The van der Waals surface area contributed by atoms with Crippen molar-refractivity contribution < 1.29 is 4.79 Å². The summed E-state index contributed by atoms with van der Waals surface area (Å²) in [5.74, 6) is 1.75. The van der Waals surface area contributed by atoms with Gasteiger partial charge in [-0.2, -0.15) is 0 Å². The molecule has 24 heavy (non-hydrogen) atoms. The topological polar surface area (TPSA) is 51.0 Å². The lowest BCUT2D eigenvalue weighted by atomic mass is 9.99. The Balaban J connectivity index is 1.73. The van der Waals surface area contributed by atoms with Gasteiger partial charge in [0.2, 0.25) is 5.91 Å². The highest BCUT2D eigenvalue weighted by molar-refractivity contribution is 8.00. The highest BCUT2D eigenvalue weighted by atomic mass is 32.2. The number of rotatable bonds is 4. The number of nitrogens with zero attached hydrogens (tertiary/aromatic N) is 4. The first-order chi connectivity index (χ1) is 11.6. The summed E-state index contributed by atoms with van der Waals surface area (Å²) in [6, 6.07) is 10.0. The average Bonchev–Trinajstić information content (AvgIpc) is 2.96. The Kier molecular flexibility index (Phi) is 5.23. The number of benzene rings is 1. The van der Waals surface area contributed by atoms with E-state index in [9.17, 15) is 4.79 Å². The average molecular weight is 344 g/mol. The summed E-state index contributed by atoms with van der Waals surface area (Å²) < 4.78 is 2.01. The van der Waals surface area contributed by atoms with Gasteiger partial charge in [-0.05, 0) is 44.7 Å². The molecular formula is C18H24N4OS. The maximum absolute atomic E-state index is 12.7. The number of aromatic nitrogens is 3. The minimum atomic E-state index is -0.163. The van der Waals surface area contributed by atoms with E-state index < -0.39 is 0 Å². The molecule has 0 bridgehead atoms. The van der Waals surface area contributed by atoms with Crippen molar-refractivity contribution >= 4 is 17.7 Å². The minimum Gasteiger partial charge on any atom is -0.342 e. The van der Waals surface area contributed by atoms with Crippen molar-refractivity contribution in [3.05, 3.63) is 36.2 Å². The molecule has 1 aliphatic heterocycles. The molecule has 1 fully saturated rings. The molecule has 0 aliphatic carbocycles. The van der Waals surface area contributed by atoms with E-state index in [1.165, 1.54) is 11.8 Å². The second kappa shape index (κ2) is 7.38. The van der Waals surface area contributed by atoms with Crippen LogP contribution in [0.5, 0.6) is 0 Å². The van der Waals surface area contributed by atoms with Crippen molar-refractivity contribution in [3.63, 3.8) is 0 Å². The number of carbonyl (C=O) groups excluding carboxylic acids is 1. The Labute approximate surface area is 147 Å². The van der Waals surface area contributed by atoms with Gasteiger partial charge in [0.15, 0.2) is 5.16 Å². The molecule has 6 heteroatoms. The van der Waals surface area contributed by atoms with E-state index in [4.69, 9.17) is 0 Å². The molecule has 0 radical (unpaired) electrons. The van der Waals surface area contributed by atoms with Crippen molar-refractivity contribution in [3.8, 4) is 5.69 Å². The third kappa shape index (κ3) is 3.64. The van der Waals surface area contributed by atoms with Crippen LogP contribution in [0.1, 0.15) is 32.5 Å². The summed E-state index contributed by atoms with van der Waals surface area (Å²) in [6.07, 6.45) is 2.20. The van der Waals surface area contributed by atoms with Crippen LogP contribution >= 0.6 is 11.8 Å². The number of piperidine rings is 1. The van der Waals surface area contributed by atoms with Gasteiger partial charge in [0, 0.05) is 18.8 Å². The summed E-state index contributed by atoms with van der Waals surface area (Å²) >= 11 is 1.49. The molecule has 1 unspecified atom stereocenters. The van der Waals surface area contributed by atoms with Crippen LogP contribution in [-0.2, 0) is 4.79 Å². The summed E-state index contributed by atoms with van der Waals surface area (Å²) in [4.78, 5) is 14.7. The van der Waals surface area contributed by atoms with E-state index >= 15 is 0 Å². The van der Waals surface area contributed by atoms with Crippen LogP contribution in [0.4, 0.5) is 0 Å². The van der Waals surface area contributed by atoms with Gasteiger partial charge in [-0.1, -0.05) is 36.9 Å². The lowest BCUT2D eigenvalue weighted by Gasteiger charge is -2.31. The first kappa shape index (κ1) is 17.0. The predicted octanol–water partition coefficient (Wildman–Crippen LogP) is 3.31. The molecule has 0 spiro atoms. The molecule has 5 nitrogen and oxygen atoms in total. The van der Waals surface area contributed by atoms with E-state index in [0.29, 0.717) is 0 Å². The van der Waals surface area contributed by atoms with E-state index in [0.717, 1.165) is 48.5 Å². The zero-order valence-corrected chi connectivity index (χ0v) is 15.3. The molecule has 1 saturated heterocycles. The van der Waals surface area contributed by atoms with E-state index in [1.807, 2.05) is 53.6 Å². The van der Waals surface area contributed by atoms with Crippen LogP contribution in [0, 0.1) is 12.8 Å². The van der Waals surface area contributed by atoms with Crippen molar-refractivity contribution in [2.45, 2.75) is 44.0 Å². The maximum Gasteiger partial charge on any atom is 0.235 e. The number of para-hydroxylation sites is 1. The fourth-order valence-electron chi connectivity index (χ4n) is 2.99. The third-order valence-corrected chi connectivity index (χ3v) is 5.57. The first-order valence-corrected chi connectivity index (χ1v) is 9.37. The highest BCUT2D eigenvalue weighted by Gasteiger charge is 2.26. The van der Waals surface area contributed by atoms with Gasteiger partial charge in [0.05, 0.1) is 5.25 Å². The summed E-state index contributed by atoms with van der Waals surface area (Å²) in [5.41, 5.74) is 1.02. The van der Waals surface area contributed by atoms with Gasteiger partial charge in [-0.25, -0.2) is 0 Å². The fraction of sp³-hybridized carbons (Fsp3) is 0.500. The minimum absolute atomic E-state index is 0.163. The molecule has 1 amide bonds. The smallest absolute Gasteiger partial charge is 0.235 e. The normalized spacial score (nSPS) is 17.0. The van der Waals surface area contributed by atoms with Crippen LogP contribution in [-0.4, -0.2) is 43.9 Å². The van der Waals surface area contributed by atoms with Gasteiger partial charge in [0.1, 0.15) is 5.82 Å². The van der Waals surface area contributed by atoms with Crippen LogP contribution in [0.25, 0.3) is 5.69 Å². The molecule has 0 saturated carbocycles. The number of carbonyl (C=O) groups is 1. The SMILES string of the molecule is Cc1nnc(SC(C)C(=O)N2CCC(C)CC2)n1-c1ccccc1. The van der Waals surface area contributed by atoms with Crippen LogP contribution in [0.15, 0.2) is 35.5 Å². The van der Waals surface area contributed by atoms with Gasteiger partial charge in [0.25, 0.3) is 0 Å². The molecule has 128 valence electrons. The van der Waals surface area contributed by atoms with Crippen molar-refractivity contribution in [2.24, 2.45) is 5.92 Å². The fourth-order valence-corrected chi connectivity index (χ4v) is 3.99. The zero-order valence-electron chi connectivity index (χ0n) is 14.5. The standard InChI is InChI=1S/C18H24N4OS/c1-13-9-11-21(12-10-13)17(23)14(2)24-18-20-19-15(3)22(18)16-7-5-4-6-8-16/h4-8,13-14H,9-12H2,1-3H3. The number of likely N-dealkylation sites (tertiary alicyclic amines) is 1. The summed E-state index contributed by atoms with van der Waals surface area (Å²) in [5, 5.41) is 9.08. The third-order valence-electron chi connectivity index (χ3n) is 4.53. The number of hydrogen-bond acceptors (Lipinski definition) is 4.